The summed E-state index contributed by atoms with van der Waals surface area (Å²) >= 11 is 5.53. The fourth-order valence-corrected chi connectivity index (χ4v) is 3.58. The second-order valence-corrected chi connectivity index (χ2v) is 6.40. The van der Waals surface area contributed by atoms with Gasteiger partial charge in [-0.1, -0.05) is 22.4 Å². The zero-order valence-electron chi connectivity index (χ0n) is 8.82. The first-order valence-corrected chi connectivity index (χ1v) is 7.21. The molecule has 1 heterocycles. The van der Waals surface area contributed by atoms with Gasteiger partial charge in [0.25, 0.3) is 0 Å². The molecule has 1 aromatic carbocycles. The van der Waals surface area contributed by atoms with Crippen molar-refractivity contribution >= 4 is 38.6 Å². The van der Waals surface area contributed by atoms with Gasteiger partial charge < -0.3 is 0 Å². The van der Waals surface area contributed by atoms with E-state index in [1.807, 2.05) is 24.0 Å². The summed E-state index contributed by atoms with van der Waals surface area (Å²) in [5.41, 5.74) is 1.09. The molecule has 2 aromatic rings. The van der Waals surface area contributed by atoms with Gasteiger partial charge in [-0.15, -0.1) is 11.8 Å². The minimum atomic E-state index is 0.824. The molecule has 82 valence electrons. The third-order valence-corrected chi connectivity index (χ3v) is 4.92. The number of benzene rings is 1. The molecule has 0 bridgehead atoms. The van der Waals surface area contributed by atoms with Crippen LogP contribution in [0.5, 0.6) is 0 Å². The summed E-state index contributed by atoms with van der Waals surface area (Å²) in [7, 11) is 0. The SMILES string of the molecule is Brc1ccc2nccc(SC3CCC3)c2c1. The lowest BCUT2D eigenvalue weighted by Gasteiger charge is -2.24. The van der Waals surface area contributed by atoms with Crippen molar-refractivity contribution in [1.29, 1.82) is 0 Å². The lowest BCUT2D eigenvalue weighted by atomic mass is 10.00. The molecule has 0 saturated heterocycles. The molecule has 0 amide bonds. The average Bonchev–Trinajstić information content (AvgIpc) is 2.23. The Labute approximate surface area is 108 Å². The molecule has 0 radical (unpaired) electrons. The smallest absolute Gasteiger partial charge is 0.0714 e. The van der Waals surface area contributed by atoms with E-state index >= 15 is 0 Å². The van der Waals surface area contributed by atoms with Crippen LogP contribution < -0.4 is 0 Å². The van der Waals surface area contributed by atoms with Gasteiger partial charge >= 0.3 is 0 Å². The lowest BCUT2D eigenvalue weighted by molar-refractivity contribution is 0.522. The van der Waals surface area contributed by atoms with Gasteiger partial charge in [-0.05, 0) is 37.1 Å². The highest BCUT2D eigenvalue weighted by molar-refractivity contribution is 9.10. The Morgan fingerprint density at radius 1 is 1.25 bits per heavy atom. The number of hydrogen-bond donors (Lipinski definition) is 0. The summed E-state index contributed by atoms with van der Waals surface area (Å²) in [6, 6.07) is 8.43. The van der Waals surface area contributed by atoms with Gasteiger partial charge in [0.15, 0.2) is 0 Å². The minimum absolute atomic E-state index is 0.824. The van der Waals surface area contributed by atoms with E-state index < -0.39 is 0 Å². The maximum atomic E-state index is 4.40. The van der Waals surface area contributed by atoms with Crippen LogP contribution in [-0.2, 0) is 0 Å². The van der Waals surface area contributed by atoms with E-state index in [2.05, 4.69) is 39.1 Å². The highest BCUT2D eigenvalue weighted by atomic mass is 79.9. The molecule has 16 heavy (non-hydrogen) atoms. The lowest BCUT2D eigenvalue weighted by Crippen LogP contribution is -2.12. The fourth-order valence-electron chi connectivity index (χ4n) is 1.86. The van der Waals surface area contributed by atoms with Crippen molar-refractivity contribution in [3.8, 4) is 0 Å². The number of aromatic nitrogens is 1. The van der Waals surface area contributed by atoms with E-state index in [-0.39, 0.29) is 0 Å². The van der Waals surface area contributed by atoms with Crippen LogP contribution >= 0.6 is 27.7 Å². The van der Waals surface area contributed by atoms with E-state index in [0.29, 0.717) is 0 Å². The van der Waals surface area contributed by atoms with E-state index in [1.54, 1.807) is 0 Å². The van der Waals surface area contributed by atoms with Crippen LogP contribution in [0.15, 0.2) is 39.8 Å². The van der Waals surface area contributed by atoms with Crippen LogP contribution in [0.25, 0.3) is 10.9 Å². The predicted octanol–water partition coefficient (Wildman–Crippen LogP) is 4.64. The summed E-state index contributed by atoms with van der Waals surface area (Å²) in [6.07, 6.45) is 6.03. The van der Waals surface area contributed by atoms with E-state index in [9.17, 15) is 0 Å². The zero-order valence-corrected chi connectivity index (χ0v) is 11.2. The number of pyridine rings is 1. The van der Waals surface area contributed by atoms with E-state index in [4.69, 9.17) is 0 Å². The van der Waals surface area contributed by atoms with Crippen LogP contribution in [0.2, 0.25) is 0 Å². The standard InChI is InChI=1S/C13H12BrNS/c14-9-4-5-12-11(8-9)13(6-7-15-12)16-10-2-1-3-10/h4-8,10H,1-3H2. The van der Waals surface area contributed by atoms with Crippen molar-refractivity contribution in [3.63, 3.8) is 0 Å². The van der Waals surface area contributed by atoms with Gasteiger partial charge in [-0.2, -0.15) is 0 Å². The Balaban J connectivity index is 2.04. The largest absolute Gasteiger partial charge is 0.256 e. The number of halogens is 1. The Morgan fingerprint density at radius 3 is 2.88 bits per heavy atom. The average molecular weight is 294 g/mol. The van der Waals surface area contributed by atoms with Crippen molar-refractivity contribution in [2.75, 3.05) is 0 Å². The number of hydrogen-bond acceptors (Lipinski definition) is 2. The van der Waals surface area contributed by atoms with Crippen molar-refractivity contribution in [1.82, 2.24) is 4.98 Å². The fraction of sp³-hybridized carbons (Fsp3) is 0.308. The maximum absolute atomic E-state index is 4.40. The van der Waals surface area contributed by atoms with Gasteiger partial charge in [0.05, 0.1) is 5.52 Å². The van der Waals surface area contributed by atoms with Crippen LogP contribution in [0, 0.1) is 0 Å². The normalized spacial score (nSPS) is 16.3. The number of thioether (sulfide) groups is 1. The van der Waals surface area contributed by atoms with Crippen LogP contribution in [0.4, 0.5) is 0 Å². The highest BCUT2D eigenvalue weighted by Crippen LogP contribution is 2.39. The Hall–Kier alpha value is -0.540. The molecule has 0 atom stereocenters. The first kappa shape index (κ1) is 10.6. The summed E-state index contributed by atoms with van der Waals surface area (Å²) < 4.78 is 1.13. The molecular formula is C13H12BrNS. The Morgan fingerprint density at radius 2 is 2.12 bits per heavy atom. The summed E-state index contributed by atoms with van der Waals surface area (Å²) in [5, 5.41) is 2.10. The molecule has 1 aliphatic carbocycles. The van der Waals surface area contributed by atoms with Crippen molar-refractivity contribution in [3.05, 3.63) is 34.9 Å². The molecule has 0 aliphatic heterocycles. The van der Waals surface area contributed by atoms with Crippen LogP contribution in [0.3, 0.4) is 0 Å². The molecule has 3 rings (SSSR count). The van der Waals surface area contributed by atoms with E-state index in [1.165, 1.54) is 29.5 Å². The second-order valence-electron chi connectivity index (χ2n) is 4.14. The van der Waals surface area contributed by atoms with Gasteiger partial charge in [0.2, 0.25) is 0 Å². The topological polar surface area (TPSA) is 12.9 Å². The molecule has 1 aliphatic rings. The minimum Gasteiger partial charge on any atom is -0.256 e. The monoisotopic (exact) mass is 293 g/mol. The molecule has 0 N–H and O–H groups in total. The van der Waals surface area contributed by atoms with Crippen molar-refractivity contribution in [2.45, 2.75) is 29.4 Å². The summed E-state index contributed by atoms with van der Waals surface area (Å²) in [6.45, 7) is 0. The number of fused-ring (bicyclic) bond motifs is 1. The third kappa shape index (κ3) is 1.98. The van der Waals surface area contributed by atoms with Crippen molar-refractivity contribution in [2.24, 2.45) is 0 Å². The first-order valence-electron chi connectivity index (χ1n) is 5.54. The quantitative estimate of drug-likeness (QED) is 0.800. The second kappa shape index (κ2) is 4.38. The predicted molar refractivity (Wildman–Crippen MR) is 72.9 cm³/mol. The molecule has 3 heteroatoms. The van der Waals surface area contributed by atoms with Gasteiger partial charge in [-0.25, -0.2) is 0 Å². The van der Waals surface area contributed by atoms with Crippen LogP contribution in [-0.4, -0.2) is 10.2 Å². The van der Waals surface area contributed by atoms with Gasteiger partial charge in [0, 0.05) is 26.2 Å². The summed E-state index contributed by atoms with van der Waals surface area (Å²) in [5.74, 6) is 0. The van der Waals surface area contributed by atoms with Gasteiger partial charge in [-0.3, -0.25) is 4.98 Å². The molecule has 0 spiro atoms. The molecule has 1 saturated carbocycles. The van der Waals surface area contributed by atoms with Gasteiger partial charge in [0.1, 0.15) is 0 Å². The molecule has 1 fully saturated rings. The summed E-state index contributed by atoms with van der Waals surface area (Å²) in [4.78, 5) is 5.77. The molecule has 1 aromatic heterocycles. The molecular weight excluding hydrogens is 282 g/mol. The third-order valence-electron chi connectivity index (χ3n) is 3.01. The Kier molecular flexibility index (Phi) is 2.90. The Bertz CT molecular complexity index is 522. The molecule has 0 unspecified atom stereocenters. The zero-order chi connectivity index (χ0) is 11.0. The van der Waals surface area contributed by atoms with Crippen LogP contribution in [0.1, 0.15) is 19.3 Å². The first-order chi connectivity index (χ1) is 7.83. The maximum Gasteiger partial charge on any atom is 0.0714 e. The molecule has 1 nitrogen and oxygen atoms in total. The number of nitrogens with zero attached hydrogens (tertiary/aromatic N) is 1. The number of rotatable bonds is 2. The highest BCUT2D eigenvalue weighted by Gasteiger charge is 2.19. The van der Waals surface area contributed by atoms with Crippen molar-refractivity contribution < 1.29 is 0 Å². The van der Waals surface area contributed by atoms with E-state index in [0.717, 1.165) is 15.2 Å².